The molecule has 2 N–H and O–H groups in total. The molecular weight excluding hydrogens is 497 g/mol. The molecule has 36 heavy (non-hydrogen) atoms. The quantitative estimate of drug-likeness (QED) is 0.308. The van der Waals surface area contributed by atoms with Crippen LogP contribution in [-0.4, -0.2) is 56.0 Å². The molecule has 0 radical (unpaired) electrons. The van der Waals surface area contributed by atoms with Crippen LogP contribution in [0.3, 0.4) is 0 Å². The number of nitrogens with zero attached hydrogens (tertiary/aromatic N) is 3. The number of anilines is 1. The first-order chi connectivity index (χ1) is 17.5. The van der Waals surface area contributed by atoms with E-state index in [0.29, 0.717) is 41.9 Å². The summed E-state index contributed by atoms with van der Waals surface area (Å²) in [5.41, 5.74) is 2.99. The lowest BCUT2D eigenvalue weighted by Crippen LogP contribution is -2.35. The van der Waals surface area contributed by atoms with Gasteiger partial charge >= 0.3 is 0 Å². The summed E-state index contributed by atoms with van der Waals surface area (Å²) < 4.78 is 10.6. The average molecular weight is 533 g/mol. The van der Waals surface area contributed by atoms with Gasteiger partial charge in [-0.3, -0.25) is 4.98 Å². The number of rotatable bonds is 10. The predicted molar refractivity (Wildman–Crippen MR) is 143 cm³/mol. The second-order valence-electron chi connectivity index (χ2n) is 9.94. The minimum Gasteiger partial charge on any atom is -0.383 e. The van der Waals surface area contributed by atoms with Crippen LogP contribution in [0.1, 0.15) is 44.2 Å². The smallest absolute Gasteiger partial charge is 0.137 e. The van der Waals surface area contributed by atoms with Gasteiger partial charge in [0.15, 0.2) is 0 Å². The number of aromatic nitrogens is 2. The molecule has 0 amide bonds. The third kappa shape index (κ3) is 7.08. The summed E-state index contributed by atoms with van der Waals surface area (Å²) in [6, 6.07) is 7.07. The molecular formula is C27H35Cl2N5O2. The van der Waals surface area contributed by atoms with Crippen LogP contribution in [0.15, 0.2) is 24.5 Å². The van der Waals surface area contributed by atoms with E-state index in [2.05, 4.69) is 26.7 Å². The lowest BCUT2D eigenvalue weighted by molar-refractivity contribution is 0.0456. The Hall–Kier alpha value is -1.95. The van der Waals surface area contributed by atoms with E-state index in [1.54, 1.807) is 19.5 Å². The van der Waals surface area contributed by atoms with Gasteiger partial charge in [-0.1, -0.05) is 23.2 Å². The molecule has 0 atom stereocenters. The first-order valence-electron chi connectivity index (χ1n) is 12.8. The minimum atomic E-state index is -0.433. The van der Waals surface area contributed by atoms with Gasteiger partial charge in [0.2, 0.25) is 0 Å². The molecule has 1 aliphatic carbocycles. The fraction of sp³-hybridized carbons (Fsp3) is 0.593. The zero-order valence-corrected chi connectivity index (χ0v) is 22.4. The minimum absolute atomic E-state index is 0.392. The van der Waals surface area contributed by atoms with Crippen LogP contribution in [0.4, 0.5) is 5.69 Å². The van der Waals surface area contributed by atoms with Crippen molar-refractivity contribution in [3.05, 3.63) is 40.4 Å². The van der Waals surface area contributed by atoms with Crippen LogP contribution < -0.4 is 10.6 Å². The van der Waals surface area contributed by atoms with Crippen LogP contribution in [0.25, 0.3) is 11.1 Å². The fourth-order valence-electron chi connectivity index (χ4n) is 5.13. The van der Waals surface area contributed by atoms with Crippen molar-refractivity contribution in [1.82, 2.24) is 15.3 Å². The molecule has 4 rings (SSSR count). The largest absolute Gasteiger partial charge is 0.383 e. The van der Waals surface area contributed by atoms with Gasteiger partial charge in [0, 0.05) is 62.5 Å². The van der Waals surface area contributed by atoms with Crippen molar-refractivity contribution in [2.75, 3.05) is 45.3 Å². The molecule has 0 aromatic carbocycles. The highest BCUT2D eigenvalue weighted by Crippen LogP contribution is 2.36. The molecule has 0 spiro atoms. The zero-order chi connectivity index (χ0) is 25.4. The van der Waals surface area contributed by atoms with Gasteiger partial charge in [0.1, 0.15) is 5.15 Å². The lowest BCUT2D eigenvalue weighted by atomic mass is 9.81. The van der Waals surface area contributed by atoms with Gasteiger partial charge in [0.05, 0.1) is 35.0 Å². The summed E-state index contributed by atoms with van der Waals surface area (Å²) in [6.45, 7) is 3.41. The van der Waals surface area contributed by atoms with Crippen molar-refractivity contribution in [2.24, 2.45) is 11.3 Å². The second-order valence-corrected chi connectivity index (χ2v) is 10.7. The summed E-state index contributed by atoms with van der Waals surface area (Å²) in [5.74, 6) is 0.607. The van der Waals surface area contributed by atoms with E-state index in [4.69, 9.17) is 32.7 Å². The molecule has 1 aliphatic heterocycles. The van der Waals surface area contributed by atoms with Gasteiger partial charge in [-0.2, -0.15) is 5.26 Å². The molecule has 2 fully saturated rings. The molecule has 9 heteroatoms. The topological polar surface area (TPSA) is 92.1 Å². The molecule has 2 aliphatic rings. The maximum absolute atomic E-state index is 9.75. The van der Waals surface area contributed by atoms with Crippen LogP contribution in [0, 0.1) is 22.7 Å². The normalized spacial score (nSPS) is 21.6. The van der Waals surface area contributed by atoms with Crippen molar-refractivity contribution in [3.8, 4) is 17.2 Å². The Labute approximate surface area is 223 Å². The van der Waals surface area contributed by atoms with Crippen LogP contribution in [-0.2, 0) is 15.9 Å². The molecule has 1 saturated heterocycles. The van der Waals surface area contributed by atoms with Crippen molar-refractivity contribution in [3.63, 3.8) is 0 Å². The number of nitrogens with one attached hydrogen (secondary N) is 2. The molecule has 2 aromatic rings. The fourth-order valence-corrected chi connectivity index (χ4v) is 5.54. The third-order valence-electron chi connectivity index (χ3n) is 7.44. The summed E-state index contributed by atoms with van der Waals surface area (Å²) in [7, 11) is 1.74. The second kappa shape index (κ2) is 13.0. The van der Waals surface area contributed by atoms with Crippen molar-refractivity contribution in [1.29, 1.82) is 5.26 Å². The first-order valence-corrected chi connectivity index (χ1v) is 13.5. The average Bonchev–Trinajstić information content (AvgIpc) is 2.91. The van der Waals surface area contributed by atoms with Crippen molar-refractivity contribution >= 4 is 28.9 Å². The summed E-state index contributed by atoms with van der Waals surface area (Å²) >= 11 is 13.1. The van der Waals surface area contributed by atoms with E-state index in [1.165, 1.54) is 25.7 Å². The Morgan fingerprint density at radius 1 is 1.11 bits per heavy atom. The highest BCUT2D eigenvalue weighted by atomic mass is 35.5. The van der Waals surface area contributed by atoms with E-state index in [9.17, 15) is 5.26 Å². The summed E-state index contributed by atoms with van der Waals surface area (Å²) in [4.78, 5) is 9.01. The highest BCUT2D eigenvalue weighted by molar-refractivity contribution is 6.35. The van der Waals surface area contributed by atoms with Crippen LogP contribution >= 0.6 is 23.2 Å². The number of nitriles is 1. The molecule has 0 unspecified atom stereocenters. The number of methoxy groups -OCH3 is 1. The Balaban J connectivity index is 1.42. The van der Waals surface area contributed by atoms with E-state index in [0.717, 1.165) is 54.9 Å². The van der Waals surface area contributed by atoms with E-state index < -0.39 is 5.41 Å². The van der Waals surface area contributed by atoms with Crippen LogP contribution in [0.5, 0.6) is 0 Å². The maximum Gasteiger partial charge on any atom is 0.137 e. The number of pyridine rings is 2. The number of hydrogen-bond donors (Lipinski definition) is 2. The number of ether oxygens (including phenoxy) is 2. The molecule has 7 nitrogen and oxygen atoms in total. The molecule has 3 heterocycles. The Bertz CT molecular complexity index is 1050. The lowest BCUT2D eigenvalue weighted by Gasteiger charge is -2.31. The van der Waals surface area contributed by atoms with Gasteiger partial charge < -0.3 is 20.1 Å². The van der Waals surface area contributed by atoms with Gasteiger partial charge in [-0.05, 0) is 63.0 Å². The Kier molecular flexibility index (Phi) is 9.80. The summed E-state index contributed by atoms with van der Waals surface area (Å²) in [5, 5.41) is 17.7. The predicted octanol–water partition coefficient (Wildman–Crippen LogP) is 5.52. The third-order valence-corrected chi connectivity index (χ3v) is 8.05. The Morgan fingerprint density at radius 3 is 2.61 bits per heavy atom. The standard InChI is InChI=1S/C27H35Cl2N5O2/c1-35-11-8-31-20-4-2-19(3-5-20)12-21-13-23(25(28)16-32-21)24-14-22(15-33-26(24)29)34-18-27(17-30)6-9-36-10-7-27/h13-16,19-20,31,34H,2-12,18H2,1H3. The molecule has 1 saturated carbocycles. The van der Waals surface area contributed by atoms with Crippen molar-refractivity contribution in [2.45, 2.75) is 51.0 Å². The summed E-state index contributed by atoms with van der Waals surface area (Å²) in [6.07, 6.45) is 10.5. The monoisotopic (exact) mass is 531 g/mol. The molecule has 2 aromatic heterocycles. The Morgan fingerprint density at radius 2 is 1.89 bits per heavy atom. The first kappa shape index (κ1) is 27.1. The van der Waals surface area contributed by atoms with E-state index >= 15 is 0 Å². The number of halogens is 2. The van der Waals surface area contributed by atoms with Crippen LogP contribution in [0.2, 0.25) is 10.2 Å². The SMILES string of the molecule is COCCNC1CCC(Cc2cc(-c3cc(NCC4(C#N)CCOCC4)cnc3Cl)c(Cl)cn2)CC1. The van der Waals surface area contributed by atoms with E-state index in [1.807, 2.05) is 12.1 Å². The van der Waals surface area contributed by atoms with E-state index in [-0.39, 0.29) is 0 Å². The molecule has 0 bridgehead atoms. The van der Waals surface area contributed by atoms with Crippen molar-refractivity contribution < 1.29 is 9.47 Å². The van der Waals surface area contributed by atoms with Gasteiger partial charge in [-0.25, -0.2) is 4.98 Å². The van der Waals surface area contributed by atoms with Gasteiger partial charge in [-0.15, -0.1) is 0 Å². The highest BCUT2D eigenvalue weighted by Gasteiger charge is 2.32. The molecule has 194 valence electrons. The zero-order valence-electron chi connectivity index (χ0n) is 20.9. The maximum atomic E-state index is 9.75. The number of hydrogen-bond acceptors (Lipinski definition) is 7. The van der Waals surface area contributed by atoms with Gasteiger partial charge in [0.25, 0.3) is 0 Å².